The predicted octanol–water partition coefficient (Wildman–Crippen LogP) is 3.40. The fourth-order valence-corrected chi connectivity index (χ4v) is 2.89. The maximum absolute atomic E-state index is 12.9. The molecule has 0 saturated carbocycles. The van der Waals surface area contributed by atoms with E-state index in [2.05, 4.69) is 17.3 Å². The Morgan fingerprint density at radius 1 is 1.20 bits per heavy atom. The molecule has 5 heteroatoms. The molecule has 1 aliphatic heterocycles. The van der Waals surface area contributed by atoms with Crippen molar-refractivity contribution in [1.29, 1.82) is 0 Å². The normalized spacial score (nSPS) is 18.1. The number of hydrogen-bond acceptors (Lipinski definition) is 3. The number of carbonyl (C=O) groups is 1. The van der Waals surface area contributed by atoms with E-state index >= 15 is 0 Å². The van der Waals surface area contributed by atoms with Gasteiger partial charge in [-0.1, -0.05) is 24.3 Å². The highest BCUT2D eigenvalue weighted by Crippen LogP contribution is 2.23. The zero-order valence-electron chi connectivity index (χ0n) is 14.4. The fourth-order valence-electron chi connectivity index (χ4n) is 2.89. The number of benzene rings is 2. The van der Waals surface area contributed by atoms with Crippen LogP contribution in [-0.4, -0.2) is 37.6 Å². The Kier molecular flexibility index (Phi) is 5.79. The molecule has 2 aromatic rings. The summed E-state index contributed by atoms with van der Waals surface area (Å²) in [5.74, 6) is -0.313. The maximum Gasteiger partial charge on any atom is 0.224 e. The molecule has 3 rings (SSSR count). The van der Waals surface area contributed by atoms with Crippen molar-refractivity contribution < 1.29 is 13.9 Å². The summed E-state index contributed by atoms with van der Waals surface area (Å²) >= 11 is 0. The average Bonchev–Trinajstić information content (AvgIpc) is 2.62. The minimum absolute atomic E-state index is 0.0503. The number of morpholine rings is 1. The zero-order chi connectivity index (χ0) is 17.6. The van der Waals surface area contributed by atoms with Crippen LogP contribution in [0.3, 0.4) is 0 Å². The van der Waals surface area contributed by atoms with E-state index in [-0.39, 0.29) is 17.8 Å². The van der Waals surface area contributed by atoms with E-state index in [1.54, 1.807) is 12.1 Å². The van der Waals surface area contributed by atoms with Gasteiger partial charge in [0, 0.05) is 25.2 Å². The molecule has 1 unspecified atom stereocenters. The van der Waals surface area contributed by atoms with Crippen molar-refractivity contribution in [2.75, 3.05) is 32.1 Å². The number of carbonyl (C=O) groups excluding carboxylic acids is 1. The lowest BCUT2D eigenvalue weighted by atomic mass is 10.1. The molecule has 0 aromatic heterocycles. The second-order valence-electron chi connectivity index (χ2n) is 6.42. The lowest BCUT2D eigenvalue weighted by molar-refractivity contribution is -0.116. The van der Waals surface area contributed by atoms with E-state index in [0.717, 1.165) is 36.5 Å². The quantitative estimate of drug-likeness (QED) is 0.905. The third kappa shape index (κ3) is 5.11. The molecular formula is C20H23FN2O2. The fraction of sp³-hybridized carbons (Fsp3) is 0.350. The summed E-state index contributed by atoms with van der Waals surface area (Å²) in [7, 11) is 2.09. The molecule has 1 aliphatic rings. The molecule has 0 spiro atoms. The highest BCUT2D eigenvalue weighted by atomic mass is 19.1. The van der Waals surface area contributed by atoms with Crippen molar-refractivity contribution >= 4 is 11.6 Å². The summed E-state index contributed by atoms with van der Waals surface area (Å²) in [6, 6.07) is 14.1. The molecule has 1 saturated heterocycles. The van der Waals surface area contributed by atoms with Crippen LogP contribution in [0.2, 0.25) is 0 Å². The largest absolute Gasteiger partial charge is 0.371 e. The Morgan fingerprint density at radius 2 is 1.92 bits per heavy atom. The highest BCUT2D eigenvalue weighted by molar-refractivity contribution is 5.90. The van der Waals surface area contributed by atoms with Gasteiger partial charge >= 0.3 is 0 Å². The van der Waals surface area contributed by atoms with Gasteiger partial charge in [-0.05, 0) is 48.9 Å². The minimum Gasteiger partial charge on any atom is -0.371 e. The number of aryl methyl sites for hydroxylation is 1. The van der Waals surface area contributed by atoms with Crippen LogP contribution in [0.5, 0.6) is 0 Å². The van der Waals surface area contributed by atoms with Gasteiger partial charge in [-0.2, -0.15) is 0 Å². The van der Waals surface area contributed by atoms with Crippen LogP contribution in [0, 0.1) is 5.82 Å². The number of rotatable bonds is 5. The molecule has 132 valence electrons. The van der Waals surface area contributed by atoms with Gasteiger partial charge in [-0.25, -0.2) is 4.39 Å². The first-order chi connectivity index (χ1) is 12.1. The van der Waals surface area contributed by atoms with E-state index in [1.807, 2.05) is 24.3 Å². The van der Waals surface area contributed by atoms with E-state index in [9.17, 15) is 9.18 Å². The Labute approximate surface area is 147 Å². The number of nitrogens with zero attached hydrogens (tertiary/aromatic N) is 1. The van der Waals surface area contributed by atoms with Gasteiger partial charge in [0.05, 0.1) is 12.7 Å². The Bertz CT molecular complexity index is 701. The first kappa shape index (κ1) is 17.6. The number of anilines is 1. The molecule has 1 fully saturated rings. The van der Waals surface area contributed by atoms with Gasteiger partial charge in [0.1, 0.15) is 5.82 Å². The minimum atomic E-state index is -0.263. The topological polar surface area (TPSA) is 41.6 Å². The summed E-state index contributed by atoms with van der Waals surface area (Å²) in [6.07, 6.45) is 1.04. The molecule has 4 nitrogen and oxygen atoms in total. The number of halogens is 1. The molecular weight excluding hydrogens is 319 g/mol. The zero-order valence-corrected chi connectivity index (χ0v) is 14.4. The highest BCUT2D eigenvalue weighted by Gasteiger charge is 2.19. The third-order valence-corrected chi connectivity index (χ3v) is 4.39. The first-order valence-corrected chi connectivity index (χ1v) is 8.54. The van der Waals surface area contributed by atoms with Crippen LogP contribution in [0.15, 0.2) is 48.5 Å². The standard InChI is InChI=1S/C20H23FN2O2/c1-23-12-13-25-19(14-23)16-5-9-18(10-6-16)22-20(24)11-4-15-2-7-17(21)8-3-15/h2-3,5-10,19H,4,11-14H2,1H3,(H,22,24). The van der Waals surface area contributed by atoms with Crippen molar-refractivity contribution in [3.63, 3.8) is 0 Å². The lowest BCUT2D eigenvalue weighted by Crippen LogP contribution is -2.35. The smallest absolute Gasteiger partial charge is 0.224 e. The molecule has 25 heavy (non-hydrogen) atoms. The van der Waals surface area contributed by atoms with Crippen LogP contribution in [-0.2, 0) is 16.0 Å². The Morgan fingerprint density at radius 3 is 2.60 bits per heavy atom. The van der Waals surface area contributed by atoms with Gasteiger partial charge in [-0.15, -0.1) is 0 Å². The van der Waals surface area contributed by atoms with Crippen LogP contribution < -0.4 is 5.32 Å². The van der Waals surface area contributed by atoms with E-state index in [4.69, 9.17) is 4.74 Å². The molecule has 0 aliphatic carbocycles. The summed E-state index contributed by atoms with van der Waals surface area (Å²) < 4.78 is 18.7. The van der Waals surface area contributed by atoms with Crippen molar-refractivity contribution in [1.82, 2.24) is 4.90 Å². The second kappa shape index (κ2) is 8.23. The maximum atomic E-state index is 12.9. The number of amides is 1. The van der Waals surface area contributed by atoms with Gasteiger partial charge in [-0.3, -0.25) is 4.79 Å². The number of likely N-dealkylation sites (N-methyl/N-ethyl adjacent to an activating group) is 1. The second-order valence-corrected chi connectivity index (χ2v) is 6.42. The summed E-state index contributed by atoms with van der Waals surface area (Å²) in [5, 5.41) is 2.90. The summed E-state index contributed by atoms with van der Waals surface area (Å²) in [5.41, 5.74) is 2.85. The average molecular weight is 342 g/mol. The number of ether oxygens (including phenoxy) is 1. The SMILES string of the molecule is CN1CCOC(c2ccc(NC(=O)CCc3ccc(F)cc3)cc2)C1. The molecule has 1 atom stereocenters. The molecule has 0 bridgehead atoms. The van der Waals surface area contributed by atoms with Crippen LogP contribution in [0.4, 0.5) is 10.1 Å². The third-order valence-electron chi connectivity index (χ3n) is 4.39. The van der Waals surface area contributed by atoms with Crippen LogP contribution >= 0.6 is 0 Å². The van der Waals surface area contributed by atoms with E-state index in [1.165, 1.54) is 12.1 Å². The van der Waals surface area contributed by atoms with Gasteiger partial charge < -0.3 is 15.0 Å². The van der Waals surface area contributed by atoms with E-state index in [0.29, 0.717) is 12.8 Å². The van der Waals surface area contributed by atoms with Crippen LogP contribution in [0.25, 0.3) is 0 Å². The van der Waals surface area contributed by atoms with Gasteiger partial charge in [0.15, 0.2) is 0 Å². The van der Waals surface area contributed by atoms with Crippen molar-refractivity contribution in [2.24, 2.45) is 0 Å². The molecule has 2 aromatic carbocycles. The Hall–Kier alpha value is -2.24. The summed E-state index contributed by atoms with van der Waals surface area (Å²) in [4.78, 5) is 14.3. The molecule has 1 heterocycles. The van der Waals surface area contributed by atoms with Crippen molar-refractivity contribution in [3.05, 3.63) is 65.5 Å². The van der Waals surface area contributed by atoms with Gasteiger partial charge in [0.25, 0.3) is 0 Å². The number of nitrogens with one attached hydrogen (secondary N) is 1. The lowest BCUT2D eigenvalue weighted by Gasteiger charge is -2.30. The van der Waals surface area contributed by atoms with Crippen molar-refractivity contribution in [3.8, 4) is 0 Å². The Balaban J connectivity index is 1.50. The predicted molar refractivity (Wildman–Crippen MR) is 96.0 cm³/mol. The molecule has 0 radical (unpaired) electrons. The van der Waals surface area contributed by atoms with Crippen molar-refractivity contribution in [2.45, 2.75) is 18.9 Å². The number of hydrogen-bond donors (Lipinski definition) is 1. The summed E-state index contributed by atoms with van der Waals surface area (Å²) in [6.45, 7) is 2.57. The first-order valence-electron chi connectivity index (χ1n) is 8.54. The monoisotopic (exact) mass is 342 g/mol. The van der Waals surface area contributed by atoms with Crippen LogP contribution in [0.1, 0.15) is 23.7 Å². The molecule has 1 amide bonds. The van der Waals surface area contributed by atoms with Gasteiger partial charge in [0.2, 0.25) is 5.91 Å². The van der Waals surface area contributed by atoms with E-state index < -0.39 is 0 Å². The molecule has 1 N–H and O–H groups in total.